The average molecular weight is 315 g/mol. The molecule has 1 heteroatoms. The van der Waals surface area contributed by atoms with Gasteiger partial charge in [-0.2, -0.15) is 0 Å². The van der Waals surface area contributed by atoms with Crippen LogP contribution in [0.2, 0.25) is 0 Å². The minimum atomic E-state index is -0.398. The summed E-state index contributed by atoms with van der Waals surface area (Å²) in [6, 6.07) is 0. The minimum absolute atomic E-state index is 0.398. The zero-order valence-corrected chi connectivity index (χ0v) is 14.9. The number of aliphatic hydroxyl groups excluding tert-OH is 1. The summed E-state index contributed by atoms with van der Waals surface area (Å²) < 4.78 is 0. The van der Waals surface area contributed by atoms with Crippen LogP contribution in [0, 0.1) is 0 Å². The third-order valence-electron chi connectivity index (χ3n) is 3.13. The van der Waals surface area contributed by atoms with Gasteiger partial charge in [0.05, 0.1) is 6.10 Å². The van der Waals surface area contributed by atoms with Gasteiger partial charge in [-0.1, -0.05) is 93.2 Å². The van der Waals surface area contributed by atoms with Crippen molar-refractivity contribution in [3.05, 3.63) is 72.9 Å². The summed E-state index contributed by atoms with van der Waals surface area (Å²) in [4.78, 5) is 0. The molecule has 128 valence electrons. The molecule has 0 heterocycles. The Labute approximate surface area is 143 Å². The minimum Gasteiger partial charge on any atom is -0.389 e. The highest BCUT2D eigenvalue weighted by Crippen LogP contribution is 1.99. The zero-order chi connectivity index (χ0) is 17.0. The fourth-order valence-corrected chi connectivity index (χ4v) is 1.83. The number of allylic oxidation sites excluding steroid dienone is 10. The summed E-state index contributed by atoms with van der Waals surface area (Å²) in [5.74, 6) is 0. The highest BCUT2D eigenvalue weighted by Gasteiger charge is 1.92. The second-order valence-corrected chi connectivity index (χ2v) is 5.41. The van der Waals surface area contributed by atoms with Crippen LogP contribution in [0.5, 0.6) is 0 Å². The molecule has 1 nitrogen and oxygen atoms in total. The van der Waals surface area contributed by atoms with E-state index in [9.17, 15) is 5.11 Å². The molecular formula is C22H34O. The average Bonchev–Trinajstić information content (AvgIpc) is 2.56. The van der Waals surface area contributed by atoms with Crippen molar-refractivity contribution in [2.75, 3.05) is 0 Å². The van der Waals surface area contributed by atoms with Gasteiger partial charge in [-0.3, -0.25) is 0 Å². The van der Waals surface area contributed by atoms with Crippen LogP contribution in [0.25, 0.3) is 0 Å². The van der Waals surface area contributed by atoms with Crippen LogP contribution in [0.3, 0.4) is 0 Å². The maximum atomic E-state index is 9.78. The molecule has 0 aliphatic rings. The van der Waals surface area contributed by atoms with E-state index in [1.54, 1.807) is 0 Å². The van der Waals surface area contributed by atoms with Gasteiger partial charge in [0.2, 0.25) is 0 Å². The lowest BCUT2D eigenvalue weighted by Gasteiger charge is -1.98. The molecule has 0 bridgehead atoms. The fourth-order valence-electron chi connectivity index (χ4n) is 1.83. The first-order valence-electron chi connectivity index (χ1n) is 8.92. The molecular weight excluding hydrogens is 280 g/mol. The Morgan fingerprint density at radius 3 is 2.00 bits per heavy atom. The Morgan fingerprint density at radius 2 is 1.30 bits per heavy atom. The molecule has 0 aromatic carbocycles. The lowest BCUT2D eigenvalue weighted by atomic mass is 10.2. The van der Waals surface area contributed by atoms with Gasteiger partial charge in [0.25, 0.3) is 0 Å². The maximum Gasteiger partial charge on any atom is 0.0758 e. The van der Waals surface area contributed by atoms with Crippen LogP contribution in [0.15, 0.2) is 72.9 Å². The predicted molar refractivity (Wildman–Crippen MR) is 105 cm³/mol. The molecule has 1 atom stereocenters. The van der Waals surface area contributed by atoms with Gasteiger partial charge in [0.1, 0.15) is 0 Å². The topological polar surface area (TPSA) is 20.2 Å². The van der Waals surface area contributed by atoms with E-state index in [0.717, 1.165) is 25.7 Å². The molecule has 0 saturated heterocycles. The van der Waals surface area contributed by atoms with E-state index < -0.39 is 6.10 Å². The van der Waals surface area contributed by atoms with Crippen LogP contribution >= 0.6 is 0 Å². The van der Waals surface area contributed by atoms with Gasteiger partial charge >= 0.3 is 0 Å². The Bertz CT molecular complexity index is 408. The second-order valence-electron chi connectivity index (χ2n) is 5.41. The zero-order valence-electron chi connectivity index (χ0n) is 14.9. The second kappa shape index (κ2) is 18.4. The van der Waals surface area contributed by atoms with E-state index in [-0.39, 0.29) is 0 Å². The molecule has 0 radical (unpaired) electrons. The summed E-state index contributed by atoms with van der Waals surface area (Å²) in [6.07, 6.45) is 31.7. The molecule has 0 spiro atoms. The van der Waals surface area contributed by atoms with E-state index in [0.29, 0.717) is 6.42 Å². The largest absolute Gasteiger partial charge is 0.389 e. The number of aliphatic hydroxyl groups is 1. The Morgan fingerprint density at radius 1 is 0.696 bits per heavy atom. The number of hydrogen-bond acceptors (Lipinski definition) is 1. The van der Waals surface area contributed by atoms with E-state index in [2.05, 4.69) is 62.5 Å². The maximum absolute atomic E-state index is 9.78. The quantitative estimate of drug-likeness (QED) is 0.306. The predicted octanol–water partition coefficient (Wildman–Crippen LogP) is 6.46. The van der Waals surface area contributed by atoms with Crippen molar-refractivity contribution in [3.63, 3.8) is 0 Å². The Balaban J connectivity index is 3.70. The molecule has 23 heavy (non-hydrogen) atoms. The number of hydrogen-bond donors (Lipinski definition) is 1. The van der Waals surface area contributed by atoms with Crippen LogP contribution in [0.1, 0.15) is 58.8 Å². The third-order valence-corrected chi connectivity index (χ3v) is 3.13. The first-order valence-corrected chi connectivity index (χ1v) is 8.92. The van der Waals surface area contributed by atoms with Crippen molar-refractivity contribution < 1.29 is 5.11 Å². The van der Waals surface area contributed by atoms with E-state index >= 15 is 0 Å². The lowest BCUT2D eigenvalue weighted by Crippen LogP contribution is -1.98. The summed E-state index contributed by atoms with van der Waals surface area (Å²) in [6.45, 7) is 4.32. The highest BCUT2D eigenvalue weighted by molar-refractivity contribution is 5.08. The van der Waals surface area contributed by atoms with E-state index in [1.807, 2.05) is 24.3 Å². The molecule has 0 aliphatic heterocycles. The highest BCUT2D eigenvalue weighted by atomic mass is 16.3. The summed E-state index contributed by atoms with van der Waals surface area (Å²) >= 11 is 0. The normalized spacial score (nSPS) is 14.7. The monoisotopic (exact) mass is 314 g/mol. The molecule has 0 saturated carbocycles. The Hall–Kier alpha value is -1.60. The molecule has 0 unspecified atom stereocenters. The van der Waals surface area contributed by atoms with Crippen molar-refractivity contribution in [2.45, 2.75) is 64.9 Å². The van der Waals surface area contributed by atoms with Crippen molar-refractivity contribution in [2.24, 2.45) is 0 Å². The SMILES string of the molecule is CC/C=C\C/C=C\C[C@H](O)/C=C/C=C\C/C=C\C/C=C\CCC. The van der Waals surface area contributed by atoms with Gasteiger partial charge in [0, 0.05) is 0 Å². The van der Waals surface area contributed by atoms with Crippen LogP contribution in [-0.2, 0) is 0 Å². The van der Waals surface area contributed by atoms with Gasteiger partial charge in [-0.25, -0.2) is 0 Å². The van der Waals surface area contributed by atoms with Crippen molar-refractivity contribution in [3.8, 4) is 0 Å². The fraction of sp³-hybridized carbons (Fsp3) is 0.455. The third kappa shape index (κ3) is 18.4. The molecule has 0 aromatic rings. The molecule has 0 aliphatic carbocycles. The van der Waals surface area contributed by atoms with Crippen molar-refractivity contribution in [1.29, 1.82) is 0 Å². The number of unbranched alkanes of at least 4 members (excludes halogenated alkanes) is 1. The van der Waals surface area contributed by atoms with Crippen LogP contribution in [-0.4, -0.2) is 11.2 Å². The molecule has 0 aromatic heterocycles. The standard InChI is InChI=1S/C22H34O/c1-3-5-7-9-11-12-13-14-15-17-19-21-22(23)20-18-16-10-8-6-4-2/h6-9,12-13,15-19,21-23H,3-5,10-11,14,20H2,1-2H3/b8-6-,9-7-,13-12-,17-15-,18-16-,21-19+/t22-/m0/s1. The van der Waals surface area contributed by atoms with Gasteiger partial charge in [-0.15, -0.1) is 0 Å². The van der Waals surface area contributed by atoms with Gasteiger partial charge < -0.3 is 5.11 Å². The summed E-state index contributed by atoms with van der Waals surface area (Å²) in [5, 5.41) is 9.78. The smallest absolute Gasteiger partial charge is 0.0758 e. The molecule has 0 amide bonds. The van der Waals surface area contributed by atoms with Crippen molar-refractivity contribution >= 4 is 0 Å². The lowest BCUT2D eigenvalue weighted by molar-refractivity contribution is 0.227. The van der Waals surface area contributed by atoms with Gasteiger partial charge in [0.15, 0.2) is 0 Å². The number of rotatable bonds is 13. The first-order chi connectivity index (χ1) is 11.3. The molecule has 1 N–H and O–H groups in total. The summed E-state index contributed by atoms with van der Waals surface area (Å²) in [5.41, 5.74) is 0. The summed E-state index contributed by atoms with van der Waals surface area (Å²) in [7, 11) is 0. The van der Waals surface area contributed by atoms with E-state index in [4.69, 9.17) is 0 Å². The molecule has 0 rings (SSSR count). The first kappa shape index (κ1) is 21.4. The van der Waals surface area contributed by atoms with Crippen molar-refractivity contribution in [1.82, 2.24) is 0 Å². The Kier molecular flexibility index (Phi) is 17.2. The van der Waals surface area contributed by atoms with Crippen LogP contribution < -0.4 is 0 Å². The molecule has 0 fully saturated rings. The van der Waals surface area contributed by atoms with E-state index in [1.165, 1.54) is 12.8 Å². The van der Waals surface area contributed by atoms with Gasteiger partial charge in [-0.05, 0) is 38.5 Å². The van der Waals surface area contributed by atoms with Crippen LogP contribution in [0.4, 0.5) is 0 Å².